The normalized spacial score (nSPS) is 10.1. The Morgan fingerprint density at radius 2 is 1.71 bits per heavy atom. The van der Waals surface area contributed by atoms with Gasteiger partial charge in [-0.15, -0.1) is 0 Å². The monoisotopic (exact) mass is 466 g/mol. The number of ketones is 1. The van der Waals surface area contributed by atoms with E-state index in [4.69, 9.17) is 11.6 Å². The number of carbonyl (C=O) groups is 1. The van der Waals surface area contributed by atoms with Crippen molar-refractivity contribution in [2.45, 2.75) is 6.54 Å². The molecular weight excluding hydrogens is 455 g/mol. The minimum Gasteiger partial charge on any atom is -1.00 e. The molecule has 1 heterocycles. The fourth-order valence-electron chi connectivity index (χ4n) is 2.16. The average Bonchev–Trinajstić information content (AvgIpc) is 2.57. The van der Waals surface area contributed by atoms with Crippen molar-refractivity contribution in [2.75, 3.05) is 0 Å². The SMILES string of the molecule is O=C(C[n+]1ccc(-c2ccc(Cl)cc2)nc1)c1ccc(Br)cc1.[Br-]. The van der Waals surface area contributed by atoms with E-state index in [2.05, 4.69) is 20.9 Å². The highest BCUT2D eigenvalue weighted by atomic mass is 79.9. The van der Waals surface area contributed by atoms with Gasteiger partial charge in [0.15, 0.2) is 12.2 Å². The smallest absolute Gasteiger partial charge is 0.287 e. The van der Waals surface area contributed by atoms with E-state index in [1.54, 1.807) is 10.9 Å². The Bertz CT molecular complexity index is 819. The van der Waals surface area contributed by atoms with E-state index in [-0.39, 0.29) is 29.3 Å². The van der Waals surface area contributed by atoms with E-state index < -0.39 is 0 Å². The van der Waals surface area contributed by atoms with Crippen LogP contribution >= 0.6 is 27.5 Å². The third-order valence-corrected chi connectivity index (χ3v) is 4.18. The molecule has 0 N–H and O–H groups in total. The van der Waals surface area contributed by atoms with Crippen LogP contribution in [0.15, 0.2) is 71.6 Å². The lowest BCUT2D eigenvalue weighted by molar-refractivity contribution is -0.686. The molecule has 3 rings (SSSR count). The Labute approximate surface area is 164 Å². The van der Waals surface area contributed by atoms with Gasteiger partial charge in [0, 0.05) is 26.7 Å². The lowest BCUT2D eigenvalue weighted by atomic mass is 10.1. The first-order chi connectivity index (χ1) is 11.1. The summed E-state index contributed by atoms with van der Waals surface area (Å²) in [7, 11) is 0. The molecule has 0 atom stereocenters. The van der Waals surface area contributed by atoms with Gasteiger partial charge in [0.2, 0.25) is 5.78 Å². The number of nitrogens with zero attached hydrogens (tertiary/aromatic N) is 2. The molecule has 122 valence electrons. The van der Waals surface area contributed by atoms with Crippen molar-refractivity contribution in [2.24, 2.45) is 0 Å². The van der Waals surface area contributed by atoms with Gasteiger partial charge in [0.1, 0.15) is 0 Å². The number of carbonyl (C=O) groups excluding carboxylic acids is 1. The Balaban J connectivity index is 0.00000208. The van der Waals surface area contributed by atoms with Crippen LogP contribution in [0.5, 0.6) is 0 Å². The molecule has 0 saturated heterocycles. The molecule has 0 saturated carbocycles. The molecule has 0 aliphatic heterocycles. The van der Waals surface area contributed by atoms with E-state index in [0.717, 1.165) is 15.7 Å². The quantitative estimate of drug-likeness (QED) is 0.428. The molecule has 3 aromatic rings. The fraction of sp³-hybridized carbons (Fsp3) is 0.0556. The largest absolute Gasteiger partial charge is 1.00 e. The standard InChI is InChI=1S/C18H13BrClN2O.BrH/c19-15-5-1-14(2-6-15)18(23)11-22-10-9-17(21-12-22)13-3-7-16(20)8-4-13;/h1-10,12H,11H2;1H/q+1;/p-1. The van der Waals surface area contributed by atoms with Crippen LogP contribution in [0, 0.1) is 0 Å². The highest BCUT2D eigenvalue weighted by Gasteiger charge is 2.11. The molecule has 0 amide bonds. The summed E-state index contributed by atoms with van der Waals surface area (Å²) in [5, 5.41) is 0.694. The summed E-state index contributed by atoms with van der Waals surface area (Å²) >= 11 is 9.25. The third-order valence-electron chi connectivity index (χ3n) is 3.40. The van der Waals surface area contributed by atoms with Crippen LogP contribution in [-0.2, 0) is 6.54 Å². The molecule has 0 radical (unpaired) electrons. The summed E-state index contributed by atoms with van der Waals surface area (Å²) in [6.45, 7) is 0.259. The van der Waals surface area contributed by atoms with Crippen LogP contribution in [0.2, 0.25) is 5.02 Å². The van der Waals surface area contributed by atoms with Crippen LogP contribution in [0.25, 0.3) is 11.3 Å². The topological polar surface area (TPSA) is 33.8 Å². The van der Waals surface area contributed by atoms with Gasteiger partial charge in [0.25, 0.3) is 6.33 Å². The van der Waals surface area contributed by atoms with Crippen molar-refractivity contribution in [3.05, 3.63) is 82.2 Å². The van der Waals surface area contributed by atoms with Gasteiger partial charge >= 0.3 is 0 Å². The Hall–Kier alpha value is -1.56. The molecule has 0 unspecified atom stereocenters. The third kappa shape index (κ3) is 4.72. The lowest BCUT2D eigenvalue weighted by Crippen LogP contribution is -3.00. The first-order valence-electron chi connectivity index (χ1n) is 7.01. The molecule has 3 nitrogen and oxygen atoms in total. The molecule has 0 spiro atoms. The Morgan fingerprint density at radius 1 is 1.04 bits per heavy atom. The zero-order chi connectivity index (χ0) is 16.2. The fourth-order valence-corrected chi connectivity index (χ4v) is 2.55. The molecule has 0 aliphatic carbocycles. The van der Waals surface area contributed by atoms with Gasteiger partial charge in [-0.05, 0) is 41.4 Å². The maximum atomic E-state index is 12.2. The lowest BCUT2D eigenvalue weighted by Gasteiger charge is -2.01. The predicted molar refractivity (Wildman–Crippen MR) is 93.4 cm³/mol. The van der Waals surface area contributed by atoms with E-state index in [1.165, 1.54) is 0 Å². The van der Waals surface area contributed by atoms with Gasteiger partial charge in [-0.25, -0.2) is 4.57 Å². The first kappa shape index (κ1) is 18.8. The second-order valence-corrected chi connectivity index (χ2v) is 6.41. The van der Waals surface area contributed by atoms with Gasteiger partial charge in [-0.1, -0.05) is 39.7 Å². The highest BCUT2D eigenvalue weighted by molar-refractivity contribution is 9.10. The van der Waals surface area contributed by atoms with Gasteiger partial charge < -0.3 is 17.0 Å². The highest BCUT2D eigenvalue weighted by Crippen LogP contribution is 2.18. The molecule has 24 heavy (non-hydrogen) atoms. The van der Waals surface area contributed by atoms with E-state index in [0.29, 0.717) is 10.6 Å². The maximum absolute atomic E-state index is 12.2. The summed E-state index contributed by atoms with van der Waals surface area (Å²) < 4.78 is 2.72. The van der Waals surface area contributed by atoms with E-state index in [1.807, 2.05) is 60.8 Å². The van der Waals surface area contributed by atoms with Crippen molar-refractivity contribution in [1.82, 2.24) is 4.98 Å². The van der Waals surface area contributed by atoms with Crippen LogP contribution in [-0.4, -0.2) is 10.8 Å². The van der Waals surface area contributed by atoms with Crippen molar-refractivity contribution < 1.29 is 26.3 Å². The maximum Gasteiger partial charge on any atom is 0.287 e. The second kappa shape index (κ2) is 8.51. The summed E-state index contributed by atoms with van der Waals surface area (Å²) in [6, 6.07) is 16.7. The summed E-state index contributed by atoms with van der Waals surface area (Å²) in [4.78, 5) is 16.6. The summed E-state index contributed by atoms with van der Waals surface area (Å²) in [6.07, 6.45) is 3.52. The van der Waals surface area contributed by atoms with Crippen LogP contribution < -0.4 is 21.5 Å². The van der Waals surface area contributed by atoms with Crippen molar-refractivity contribution in [3.63, 3.8) is 0 Å². The zero-order valence-corrected chi connectivity index (χ0v) is 16.4. The van der Waals surface area contributed by atoms with Gasteiger partial charge in [-0.3, -0.25) is 4.79 Å². The Morgan fingerprint density at radius 3 is 2.29 bits per heavy atom. The van der Waals surface area contributed by atoms with Crippen LogP contribution in [0.4, 0.5) is 0 Å². The Kier molecular flexibility index (Phi) is 6.66. The summed E-state index contributed by atoms with van der Waals surface area (Å²) in [5.41, 5.74) is 2.51. The number of halogens is 3. The summed E-state index contributed by atoms with van der Waals surface area (Å²) in [5.74, 6) is 0.0449. The first-order valence-corrected chi connectivity index (χ1v) is 8.19. The van der Waals surface area contributed by atoms with Crippen molar-refractivity contribution in [1.29, 1.82) is 0 Å². The van der Waals surface area contributed by atoms with Crippen molar-refractivity contribution >= 4 is 33.3 Å². The second-order valence-electron chi connectivity index (χ2n) is 5.05. The van der Waals surface area contributed by atoms with Gasteiger partial charge in [0.05, 0.1) is 6.20 Å². The van der Waals surface area contributed by atoms with Crippen LogP contribution in [0.1, 0.15) is 10.4 Å². The van der Waals surface area contributed by atoms with Gasteiger partial charge in [-0.2, -0.15) is 0 Å². The minimum atomic E-state index is 0. The molecule has 0 fully saturated rings. The number of rotatable bonds is 4. The number of aromatic nitrogens is 2. The van der Waals surface area contributed by atoms with E-state index >= 15 is 0 Å². The zero-order valence-electron chi connectivity index (χ0n) is 12.5. The average molecular weight is 469 g/mol. The molecule has 1 aromatic heterocycles. The number of hydrogen-bond donors (Lipinski definition) is 0. The number of hydrogen-bond acceptors (Lipinski definition) is 2. The molecular formula is C18H13Br2ClN2O. The van der Waals surface area contributed by atoms with Crippen molar-refractivity contribution in [3.8, 4) is 11.3 Å². The van der Waals surface area contributed by atoms with E-state index in [9.17, 15) is 4.79 Å². The number of benzene rings is 2. The molecule has 2 aromatic carbocycles. The molecule has 6 heteroatoms. The predicted octanol–water partition coefficient (Wildman–Crippen LogP) is 1.34. The number of Topliss-reactive ketones (excluding diaryl/α,β-unsaturated/α-hetero) is 1. The minimum absolute atomic E-state index is 0. The molecule has 0 aliphatic rings. The van der Waals surface area contributed by atoms with Crippen LogP contribution in [0.3, 0.4) is 0 Å². The molecule has 0 bridgehead atoms.